The molecule has 0 aliphatic heterocycles. The Morgan fingerprint density at radius 3 is 2.81 bits per heavy atom. The molecule has 0 bridgehead atoms. The fourth-order valence-corrected chi connectivity index (χ4v) is 1.84. The predicted octanol–water partition coefficient (Wildman–Crippen LogP) is 1.97. The molecule has 1 aromatic heterocycles. The summed E-state index contributed by atoms with van der Waals surface area (Å²) in [5, 5.41) is 11.2. The quantitative estimate of drug-likeness (QED) is 0.707. The van der Waals surface area contributed by atoms with Gasteiger partial charge in [-0.2, -0.15) is 0 Å². The summed E-state index contributed by atoms with van der Waals surface area (Å²) in [7, 11) is 0. The third kappa shape index (κ3) is 4.82. The number of carbonyl (C=O) groups is 1. The Hall–Kier alpha value is -1.96. The van der Waals surface area contributed by atoms with E-state index in [4.69, 9.17) is 9.47 Å². The van der Waals surface area contributed by atoms with Crippen LogP contribution in [0, 0.1) is 0 Å². The van der Waals surface area contributed by atoms with Crippen molar-refractivity contribution in [1.82, 2.24) is 20.2 Å². The average Bonchev–Trinajstić information content (AvgIpc) is 2.92. The number of esters is 1. The maximum Gasteiger partial charge on any atom is 0.344 e. The van der Waals surface area contributed by atoms with Crippen molar-refractivity contribution < 1.29 is 14.3 Å². The zero-order valence-corrected chi connectivity index (χ0v) is 13.1. The van der Waals surface area contributed by atoms with Crippen molar-refractivity contribution in [1.29, 1.82) is 0 Å². The largest absolute Gasteiger partial charge is 0.482 e. The van der Waals surface area contributed by atoms with Gasteiger partial charge in [-0.15, -0.1) is 5.10 Å². The molecule has 112 valence electrons. The molecule has 2 aromatic rings. The minimum Gasteiger partial charge on any atom is -0.482 e. The Bertz CT molecular complexity index is 585. The van der Waals surface area contributed by atoms with Crippen molar-refractivity contribution in [3.8, 4) is 5.75 Å². The third-order valence-corrected chi connectivity index (χ3v) is 3.10. The lowest BCUT2D eigenvalue weighted by molar-refractivity contribution is -0.147. The van der Waals surface area contributed by atoms with Crippen molar-refractivity contribution in [2.45, 2.75) is 26.5 Å². The molecular formula is C13H15BrN4O3. The number of halogens is 1. The Labute approximate surface area is 130 Å². The number of nitrogens with zero attached hydrogens (tertiary/aromatic N) is 4. The van der Waals surface area contributed by atoms with Crippen molar-refractivity contribution in [3.63, 3.8) is 0 Å². The second-order valence-electron chi connectivity index (χ2n) is 4.22. The summed E-state index contributed by atoms with van der Waals surface area (Å²) in [5.74, 6) is 0.656. The van der Waals surface area contributed by atoms with Crippen LogP contribution in [0.5, 0.6) is 5.75 Å². The van der Waals surface area contributed by atoms with E-state index < -0.39 is 5.97 Å². The van der Waals surface area contributed by atoms with Gasteiger partial charge in [0.1, 0.15) is 5.75 Å². The van der Waals surface area contributed by atoms with Crippen LogP contribution in [0.1, 0.15) is 19.2 Å². The summed E-state index contributed by atoms with van der Waals surface area (Å²) in [6.45, 7) is 2.59. The standard InChI is InChI=1S/C13H15BrN4O3/c1-2-7-18-12(15-16-17-18)8-21-13(19)9-20-11-5-3-10(14)4-6-11/h3-6H,2,7-9H2,1H3. The Morgan fingerprint density at radius 2 is 2.10 bits per heavy atom. The van der Waals surface area contributed by atoms with E-state index in [9.17, 15) is 4.79 Å². The fourth-order valence-electron chi connectivity index (χ4n) is 1.57. The zero-order valence-electron chi connectivity index (χ0n) is 11.5. The summed E-state index contributed by atoms with van der Waals surface area (Å²) in [6, 6.07) is 7.19. The van der Waals surface area contributed by atoms with Gasteiger partial charge in [0, 0.05) is 11.0 Å². The SMILES string of the molecule is CCCn1nnnc1COC(=O)COc1ccc(Br)cc1. The summed E-state index contributed by atoms with van der Waals surface area (Å²) >= 11 is 3.32. The molecule has 0 amide bonds. The first-order valence-electron chi connectivity index (χ1n) is 6.48. The second kappa shape index (κ2) is 7.72. The van der Waals surface area contributed by atoms with Gasteiger partial charge in [-0.3, -0.25) is 0 Å². The van der Waals surface area contributed by atoms with Crippen LogP contribution < -0.4 is 4.74 Å². The molecule has 0 unspecified atom stereocenters. The lowest BCUT2D eigenvalue weighted by Gasteiger charge is -2.07. The molecule has 0 saturated carbocycles. The average molecular weight is 355 g/mol. The minimum atomic E-state index is -0.469. The monoisotopic (exact) mass is 354 g/mol. The molecule has 0 saturated heterocycles. The number of hydrogen-bond acceptors (Lipinski definition) is 6. The highest BCUT2D eigenvalue weighted by atomic mass is 79.9. The molecule has 1 aromatic carbocycles. The molecule has 0 aliphatic carbocycles. The summed E-state index contributed by atoms with van der Waals surface area (Å²) < 4.78 is 13.0. The second-order valence-corrected chi connectivity index (χ2v) is 5.14. The lowest BCUT2D eigenvalue weighted by Crippen LogP contribution is -2.16. The molecule has 0 N–H and O–H groups in total. The van der Waals surface area contributed by atoms with Gasteiger partial charge in [0.05, 0.1) is 0 Å². The van der Waals surface area contributed by atoms with Crippen LogP contribution in [0.4, 0.5) is 0 Å². The molecular weight excluding hydrogens is 340 g/mol. The number of hydrogen-bond donors (Lipinski definition) is 0. The van der Waals surface area contributed by atoms with Crippen LogP contribution in [-0.2, 0) is 22.7 Å². The molecule has 0 radical (unpaired) electrons. The summed E-state index contributed by atoms with van der Waals surface area (Å²) in [5.41, 5.74) is 0. The number of carbonyl (C=O) groups excluding carboxylic acids is 1. The number of benzene rings is 1. The first-order chi connectivity index (χ1) is 10.2. The van der Waals surface area contributed by atoms with Crippen LogP contribution in [0.3, 0.4) is 0 Å². The first kappa shape index (κ1) is 15.4. The highest BCUT2D eigenvalue weighted by Crippen LogP contribution is 2.15. The Kier molecular flexibility index (Phi) is 5.68. The van der Waals surface area contributed by atoms with Gasteiger partial charge in [0.25, 0.3) is 0 Å². The van der Waals surface area contributed by atoms with Crippen molar-refractivity contribution in [2.75, 3.05) is 6.61 Å². The third-order valence-electron chi connectivity index (χ3n) is 2.57. The van der Waals surface area contributed by atoms with E-state index in [1.54, 1.807) is 16.8 Å². The summed E-state index contributed by atoms with van der Waals surface area (Å²) in [6.07, 6.45) is 0.901. The number of ether oxygens (including phenoxy) is 2. The molecule has 21 heavy (non-hydrogen) atoms. The highest BCUT2D eigenvalue weighted by Gasteiger charge is 2.10. The maximum atomic E-state index is 11.6. The van der Waals surface area contributed by atoms with Gasteiger partial charge < -0.3 is 9.47 Å². The van der Waals surface area contributed by atoms with Gasteiger partial charge in [0.15, 0.2) is 19.0 Å². The molecule has 8 heteroatoms. The van der Waals surface area contributed by atoms with Crippen LogP contribution in [0.25, 0.3) is 0 Å². The Morgan fingerprint density at radius 1 is 1.33 bits per heavy atom. The van der Waals surface area contributed by atoms with Gasteiger partial charge in [-0.25, -0.2) is 9.48 Å². The van der Waals surface area contributed by atoms with Gasteiger partial charge in [-0.1, -0.05) is 22.9 Å². The smallest absolute Gasteiger partial charge is 0.344 e. The number of tetrazole rings is 1. The lowest BCUT2D eigenvalue weighted by atomic mass is 10.3. The minimum absolute atomic E-state index is 0.0372. The van der Waals surface area contributed by atoms with E-state index in [1.807, 2.05) is 19.1 Å². The molecule has 0 fully saturated rings. The molecule has 0 atom stereocenters. The number of aromatic nitrogens is 4. The topological polar surface area (TPSA) is 79.1 Å². The first-order valence-corrected chi connectivity index (χ1v) is 7.27. The predicted molar refractivity (Wildman–Crippen MR) is 77.5 cm³/mol. The van der Waals surface area contributed by atoms with E-state index in [0.717, 1.165) is 10.9 Å². The zero-order chi connectivity index (χ0) is 15.1. The van der Waals surface area contributed by atoms with Crippen molar-refractivity contribution in [2.24, 2.45) is 0 Å². The van der Waals surface area contributed by atoms with E-state index in [0.29, 0.717) is 18.1 Å². The normalized spacial score (nSPS) is 10.4. The van der Waals surface area contributed by atoms with E-state index in [2.05, 4.69) is 31.5 Å². The number of aryl methyl sites for hydroxylation is 1. The van der Waals surface area contributed by atoms with Crippen molar-refractivity contribution in [3.05, 3.63) is 34.6 Å². The molecule has 7 nitrogen and oxygen atoms in total. The van der Waals surface area contributed by atoms with Crippen LogP contribution in [0.15, 0.2) is 28.7 Å². The number of rotatable bonds is 7. The fraction of sp³-hybridized carbons (Fsp3) is 0.385. The molecule has 0 spiro atoms. The highest BCUT2D eigenvalue weighted by molar-refractivity contribution is 9.10. The van der Waals surface area contributed by atoms with E-state index >= 15 is 0 Å². The van der Waals surface area contributed by atoms with Crippen LogP contribution in [0.2, 0.25) is 0 Å². The van der Waals surface area contributed by atoms with Gasteiger partial charge in [-0.05, 0) is 41.1 Å². The van der Waals surface area contributed by atoms with E-state index in [-0.39, 0.29) is 13.2 Å². The van der Waals surface area contributed by atoms with Gasteiger partial charge >= 0.3 is 5.97 Å². The molecule has 1 heterocycles. The van der Waals surface area contributed by atoms with Crippen LogP contribution >= 0.6 is 15.9 Å². The Balaban J connectivity index is 1.77. The van der Waals surface area contributed by atoms with Crippen molar-refractivity contribution >= 4 is 21.9 Å². The molecule has 2 rings (SSSR count). The molecule has 0 aliphatic rings. The maximum absolute atomic E-state index is 11.6. The van der Waals surface area contributed by atoms with Crippen LogP contribution in [-0.4, -0.2) is 32.8 Å². The summed E-state index contributed by atoms with van der Waals surface area (Å²) in [4.78, 5) is 11.6. The van der Waals surface area contributed by atoms with E-state index in [1.165, 1.54) is 0 Å². The van der Waals surface area contributed by atoms with Gasteiger partial charge in [0.2, 0.25) is 0 Å².